The molecule has 1 atom stereocenters. The molecule has 0 spiro atoms. The summed E-state index contributed by atoms with van der Waals surface area (Å²) in [4.78, 5) is 32.3. The Morgan fingerprint density at radius 1 is 0.870 bits per heavy atom. The van der Waals surface area contributed by atoms with E-state index in [-0.39, 0.29) is 17.4 Å². The van der Waals surface area contributed by atoms with Gasteiger partial charge in [0.15, 0.2) is 0 Å². The van der Waals surface area contributed by atoms with Gasteiger partial charge in [-0.1, -0.05) is 49.6 Å². The number of aromatic nitrogens is 1. The highest BCUT2D eigenvalue weighted by molar-refractivity contribution is 7.87. The summed E-state index contributed by atoms with van der Waals surface area (Å²) in [7, 11) is -1.15. The number of amides is 2. The number of carbonyl (C=O) groups is 2. The zero-order valence-electron chi connectivity index (χ0n) is 27.2. The number of fused-ring (bicyclic) bond motifs is 5. The Balaban J connectivity index is 1.29. The molecule has 3 fully saturated rings. The highest BCUT2D eigenvalue weighted by Crippen LogP contribution is 2.47. The maximum atomic E-state index is 14.4. The third-order valence-corrected chi connectivity index (χ3v) is 12.4. The molecule has 3 aromatic rings. The van der Waals surface area contributed by atoms with Gasteiger partial charge < -0.3 is 14.4 Å². The molecule has 246 valence electrons. The molecule has 2 amide bonds. The molecule has 2 saturated heterocycles. The van der Waals surface area contributed by atoms with Crippen LogP contribution in [0.3, 0.4) is 0 Å². The second-order valence-electron chi connectivity index (χ2n) is 14.0. The van der Waals surface area contributed by atoms with Crippen molar-refractivity contribution < 1.29 is 18.0 Å². The first-order valence-electron chi connectivity index (χ1n) is 17.2. The van der Waals surface area contributed by atoms with Crippen LogP contribution in [0, 0.1) is 5.92 Å². The fourth-order valence-electron chi connectivity index (χ4n) is 8.53. The van der Waals surface area contributed by atoms with Crippen molar-refractivity contribution in [2.75, 3.05) is 40.3 Å². The maximum Gasteiger partial charge on any atom is 0.303 e. The van der Waals surface area contributed by atoms with Crippen molar-refractivity contribution in [3.05, 3.63) is 59.2 Å². The highest BCUT2D eigenvalue weighted by Gasteiger charge is 2.36. The first kappa shape index (κ1) is 31.4. The van der Waals surface area contributed by atoms with E-state index in [1.807, 2.05) is 12.1 Å². The topological polar surface area (TPSA) is 95.0 Å². The van der Waals surface area contributed by atoms with Gasteiger partial charge in [-0.2, -0.15) is 12.7 Å². The van der Waals surface area contributed by atoms with E-state index in [4.69, 9.17) is 0 Å². The Morgan fingerprint density at radius 2 is 1.59 bits per heavy atom. The lowest BCUT2D eigenvalue weighted by Gasteiger charge is -2.38. The summed E-state index contributed by atoms with van der Waals surface area (Å²) in [5.41, 5.74) is 6.03. The van der Waals surface area contributed by atoms with Crippen LogP contribution < -0.4 is 4.72 Å². The predicted molar refractivity (Wildman–Crippen MR) is 181 cm³/mol. The van der Waals surface area contributed by atoms with E-state index in [2.05, 4.69) is 43.4 Å². The molecule has 1 aromatic heterocycles. The van der Waals surface area contributed by atoms with Crippen LogP contribution in [0.4, 0.5) is 0 Å². The Hall–Kier alpha value is -3.21. The molecule has 9 nitrogen and oxygen atoms in total. The Morgan fingerprint density at radius 3 is 2.30 bits per heavy atom. The first-order chi connectivity index (χ1) is 22.2. The number of carbonyl (C=O) groups excluding carboxylic acids is 2. The number of likely N-dealkylation sites (tertiary alicyclic amines) is 2. The fourth-order valence-corrected chi connectivity index (χ4v) is 9.07. The van der Waals surface area contributed by atoms with Crippen molar-refractivity contribution in [1.29, 1.82) is 0 Å². The summed E-state index contributed by atoms with van der Waals surface area (Å²) >= 11 is 0. The van der Waals surface area contributed by atoms with Crippen LogP contribution >= 0.6 is 0 Å². The molecule has 2 aromatic carbocycles. The van der Waals surface area contributed by atoms with Gasteiger partial charge in [-0.3, -0.25) is 9.59 Å². The van der Waals surface area contributed by atoms with Gasteiger partial charge in [-0.15, -0.1) is 0 Å². The van der Waals surface area contributed by atoms with E-state index < -0.39 is 16.1 Å². The van der Waals surface area contributed by atoms with Gasteiger partial charge in [-0.05, 0) is 87.2 Å². The number of hydrogen-bond donors (Lipinski definition) is 1. The number of nitrogens with zero attached hydrogens (tertiary/aromatic N) is 4. The largest absolute Gasteiger partial charge is 0.342 e. The Bertz CT molecular complexity index is 1730. The van der Waals surface area contributed by atoms with Crippen LogP contribution in [0.25, 0.3) is 22.2 Å². The van der Waals surface area contributed by atoms with E-state index in [1.165, 1.54) is 81.7 Å². The predicted octanol–water partition coefficient (Wildman–Crippen LogP) is 5.15. The van der Waals surface area contributed by atoms with Gasteiger partial charge in [0.05, 0.1) is 11.6 Å². The van der Waals surface area contributed by atoms with Crippen LogP contribution in [0.15, 0.2) is 42.5 Å². The molecule has 4 aliphatic rings. The van der Waals surface area contributed by atoms with E-state index >= 15 is 0 Å². The van der Waals surface area contributed by atoms with E-state index in [9.17, 15) is 18.0 Å². The summed E-state index contributed by atoms with van der Waals surface area (Å²) in [5.74, 6) is -0.277. The van der Waals surface area contributed by atoms with Crippen LogP contribution in [0.1, 0.15) is 85.2 Å². The second kappa shape index (κ2) is 12.8. The summed E-state index contributed by atoms with van der Waals surface area (Å²) in [6.45, 7) is 4.50. The normalized spacial score (nSPS) is 21.7. The third kappa shape index (κ3) is 5.88. The average molecular weight is 646 g/mol. The van der Waals surface area contributed by atoms with E-state index in [0.29, 0.717) is 24.9 Å². The van der Waals surface area contributed by atoms with Crippen LogP contribution in [-0.2, 0) is 28.0 Å². The Kier molecular flexibility index (Phi) is 8.71. The van der Waals surface area contributed by atoms with Gasteiger partial charge >= 0.3 is 10.2 Å². The van der Waals surface area contributed by atoms with Crippen molar-refractivity contribution in [3.63, 3.8) is 0 Å². The van der Waals surface area contributed by atoms with Crippen molar-refractivity contribution in [3.8, 4) is 11.3 Å². The monoisotopic (exact) mass is 645 g/mol. The molecular formula is C36H47N5O4S. The third-order valence-electron chi connectivity index (χ3n) is 11.0. The molecule has 0 unspecified atom stereocenters. The quantitative estimate of drug-likeness (QED) is 0.400. The highest BCUT2D eigenvalue weighted by atomic mass is 32.2. The Labute approximate surface area is 273 Å². The van der Waals surface area contributed by atoms with Crippen molar-refractivity contribution in [1.82, 2.24) is 23.4 Å². The summed E-state index contributed by atoms with van der Waals surface area (Å²) in [5, 5.41) is 1.10. The SMILES string of the molecule is CN(C)S(=O)(=O)NC(=O)c1ccc2c(C3CCCCC3)c3n(c2c1)C[C@H](C(=O)N1CCC(N2CCCC2)CC1)Cc1ccccc1-3. The molecule has 1 saturated carbocycles. The number of nitrogens with one attached hydrogen (secondary N) is 1. The van der Waals surface area contributed by atoms with Crippen LogP contribution in [-0.4, -0.2) is 85.2 Å². The lowest BCUT2D eigenvalue weighted by Crippen LogP contribution is -2.48. The minimum absolute atomic E-state index is 0.217. The number of hydrogen-bond acceptors (Lipinski definition) is 5. The number of piperidine rings is 1. The van der Waals surface area contributed by atoms with Crippen molar-refractivity contribution in [2.24, 2.45) is 5.92 Å². The molecule has 46 heavy (non-hydrogen) atoms. The molecule has 10 heteroatoms. The molecule has 0 radical (unpaired) electrons. The minimum Gasteiger partial charge on any atom is -0.342 e. The van der Waals surface area contributed by atoms with E-state index in [0.717, 1.165) is 54.0 Å². The molecule has 7 rings (SSSR count). The second-order valence-corrected chi connectivity index (χ2v) is 15.9. The molecule has 0 bridgehead atoms. The number of rotatable bonds is 6. The standard InChI is InChI=1S/C36H47N5O4S/c1-38(2)46(44,45)37-35(42)27-14-15-31-32(23-27)41-24-28(36(43)40-20-16-29(17-21-40)39-18-8-9-19-39)22-26-12-6-7-13-30(26)34(41)33(31)25-10-4-3-5-11-25/h6-7,12-15,23,25,28-29H,3-5,8-11,16-22,24H2,1-2H3,(H,37,42)/t28-/m1/s1. The van der Waals surface area contributed by atoms with Crippen LogP contribution in [0.5, 0.6) is 0 Å². The molecule has 1 N–H and O–H groups in total. The van der Waals surface area contributed by atoms with Gasteiger partial charge in [0, 0.05) is 61.8 Å². The first-order valence-corrected chi connectivity index (χ1v) is 18.7. The van der Waals surface area contributed by atoms with Crippen molar-refractivity contribution in [2.45, 2.75) is 82.7 Å². The summed E-state index contributed by atoms with van der Waals surface area (Å²) < 4.78 is 30.5. The maximum absolute atomic E-state index is 14.4. The summed E-state index contributed by atoms with van der Waals surface area (Å²) in [6, 6.07) is 14.7. The lowest BCUT2D eigenvalue weighted by atomic mass is 9.81. The molecule has 1 aliphatic carbocycles. The van der Waals surface area contributed by atoms with Gasteiger partial charge in [0.2, 0.25) is 5.91 Å². The van der Waals surface area contributed by atoms with Gasteiger partial charge in [-0.25, -0.2) is 4.72 Å². The zero-order valence-corrected chi connectivity index (χ0v) is 28.0. The van der Waals surface area contributed by atoms with E-state index in [1.54, 1.807) is 6.07 Å². The fraction of sp³-hybridized carbons (Fsp3) is 0.556. The molecular weight excluding hydrogens is 598 g/mol. The minimum atomic E-state index is -3.94. The van der Waals surface area contributed by atoms with Crippen LogP contribution in [0.2, 0.25) is 0 Å². The lowest BCUT2D eigenvalue weighted by molar-refractivity contribution is -0.137. The number of benzene rings is 2. The van der Waals surface area contributed by atoms with Crippen molar-refractivity contribution >= 4 is 32.9 Å². The van der Waals surface area contributed by atoms with Gasteiger partial charge in [0.1, 0.15) is 0 Å². The average Bonchev–Trinajstić information content (AvgIpc) is 3.67. The zero-order chi connectivity index (χ0) is 32.0. The smallest absolute Gasteiger partial charge is 0.303 e. The molecule has 4 heterocycles. The van der Waals surface area contributed by atoms with Gasteiger partial charge in [0.25, 0.3) is 5.91 Å². The molecule has 3 aliphatic heterocycles. The summed E-state index contributed by atoms with van der Waals surface area (Å²) in [6.07, 6.45) is 11.2.